The van der Waals surface area contributed by atoms with Crippen LogP contribution in [0, 0.1) is 0 Å². The lowest BCUT2D eigenvalue weighted by Crippen LogP contribution is -2.11. The van der Waals surface area contributed by atoms with Crippen LogP contribution in [0.3, 0.4) is 0 Å². The van der Waals surface area contributed by atoms with E-state index in [4.69, 9.17) is 14.6 Å². The Labute approximate surface area is 107 Å². The molecule has 1 heterocycles. The summed E-state index contributed by atoms with van der Waals surface area (Å²) < 4.78 is 10.2. The Morgan fingerprint density at radius 1 is 1.42 bits per heavy atom. The normalized spacial score (nSPS) is 9.95. The van der Waals surface area contributed by atoms with Crippen LogP contribution in [-0.2, 0) is 0 Å². The van der Waals surface area contributed by atoms with Crippen LogP contribution >= 0.6 is 0 Å². The van der Waals surface area contributed by atoms with E-state index in [-0.39, 0.29) is 22.9 Å². The van der Waals surface area contributed by atoms with Gasteiger partial charge in [0.1, 0.15) is 5.75 Å². The van der Waals surface area contributed by atoms with Crippen molar-refractivity contribution < 1.29 is 19.4 Å². The largest absolute Gasteiger partial charge is 0.487 e. The van der Waals surface area contributed by atoms with Gasteiger partial charge in [-0.15, -0.1) is 0 Å². The van der Waals surface area contributed by atoms with Gasteiger partial charge in [0.05, 0.1) is 19.0 Å². The Balaban J connectivity index is 2.36. The van der Waals surface area contributed by atoms with E-state index < -0.39 is 11.5 Å². The Kier molecular flexibility index (Phi) is 3.46. The molecule has 19 heavy (non-hydrogen) atoms. The van der Waals surface area contributed by atoms with Gasteiger partial charge in [-0.3, -0.25) is 4.79 Å². The molecule has 0 bridgehead atoms. The van der Waals surface area contributed by atoms with Crippen LogP contribution in [0.15, 0.2) is 35.4 Å². The van der Waals surface area contributed by atoms with Crippen LogP contribution < -0.4 is 15.0 Å². The van der Waals surface area contributed by atoms with Gasteiger partial charge in [-0.25, -0.2) is 9.78 Å². The number of hydrogen-bond donors (Lipinski definition) is 2. The third-order valence-corrected chi connectivity index (χ3v) is 2.28. The number of carboxylic acid groups (broad SMARTS) is 1. The van der Waals surface area contributed by atoms with Crippen LogP contribution in [0.4, 0.5) is 0 Å². The maximum absolute atomic E-state index is 11.4. The number of aromatic amines is 1. The number of carboxylic acids is 1. The van der Waals surface area contributed by atoms with Crippen LogP contribution in [0.2, 0.25) is 0 Å². The molecule has 1 aromatic carbocycles. The van der Waals surface area contributed by atoms with Gasteiger partial charge in [0.25, 0.3) is 11.4 Å². The molecule has 98 valence electrons. The minimum absolute atomic E-state index is 0.0335. The fourth-order valence-electron chi connectivity index (χ4n) is 1.43. The van der Waals surface area contributed by atoms with Crippen LogP contribution in [0.5, 0.6) is 17.4 Å². The third kappa shape index (κ3) is 2.71. The van der Waals surface area contributed by atoms with Crippen molar-refractivity contribution in [1.82, 2.24) is 9.97 Å². The number of aromatic nitrogens is 2. The van der Waals surface area contributed by atoms with Gasteiger partial charge >= 0.3 is 5.97 Å². The number of aromatic carboxylic acids is 1. The first-order valence-corrected chi connectivity index (χ1v) is 5.24. The summed E-state index contributed by atoms with van der Waals surface area (Å²) in [5.41, 5.74) is -0.414. The fourth-order valence-corrected chi connectivity index (χ4v) is 1.43. The molecule has 0 amide bonds. The summed E-state index contributed by atoms with van der Waals surface area (Å²) in [5, 5.41) is 8.87. The van der Waals surface area contributed by atoms with Gasteiger partial charge in [0, 0.05) is 0 Å². The molecule has 0 fully saturated rings. The number of benzene rings is 1. The predicted molar refractivity (Wildman–Crippen MR) is 64.9 cm³/mol. The van der Waals surface area contributed by atoms with Gasteiger partial charge in [0.2, 0.25) is 5.75 Å². The van der Waals surface area contributed by atoms with Crippen molar-refractivity contribution in [3.63, 3.8) is 0 Å². The van der Waals surface area contributed by atoms with E-state index in [1.807, 2.05) is 0 Å². The van der Waals surface area contributed by atoms with E-state index in [1.54, 1.807) is 6.07 Å². The van der Waals surface area contributed by atoms with Crippen LogP contribution in [0.25, 0.3) is 0 Å². The number of H-pyrrole nitrogens is 1. The highest BCUT2D eigenvalue weighted by Gasteiger charge is 2.12. The van der Waals surface area contributed by atoms with Crippen molar-refractivity contribution in [3.05, 3.63) is 46.5 Å². The average molecular weight is 262 g/mol. The standard InChI is InChI=1S/C12H10N2O5/c1-18-9-10(15)13-6-14-11(9)19-8-4-2-3-7(5-8)12(16)17/h2-6H,1H3,(H,16,17)(H,13,14,15). The minimum Gasteiger partial charge on any atom is -0.487 e. The van der Waals surface area contributed by atoms with Crippen molar-refractivity contribution >= 4 is 5.97 Å². The number of hydrogen-bond acceptors (Lipinski definition) is 5. The Hall–Kier alpha value is -2.83. The van der Waals surface area contributed by atoms with Gasteiger partial charge in [-0.2, -0.15) is 0 Å². The molecule has 0 saturated heterocycles. The molecule has 0 saturated carbocycles. The second-order valence-corrected chi connectivity index (χ2v) is 3.51. The highest BCUT2D eigenvalue weighted by Crippen LogP contribution is 2.25. The lowest BCUT2D eigenvalue weighted by molar-refractivity contribution is 0.0696. The van der Waals surface area contributed by atoms with E-state index in [0.29, 0.717) is 0 Å². The Morgan fingerprint density at radius 2 is 2.21 bits per heavy atom. The lowest BCUT2D eigenvalue weighted by Gasteiger charge is -2.08. The smallest absolute Gasteiger partial charge is 0.335 e. The zero-order valence-corrected chi connectivity index (χ0v) is 9.91. The molecule has 0 aliphatic carbocycles. The van der Waals surface area contributed by atoms with Crippen LogP contribution in [-0.4, -0.2) is 28.2 Å². The van der Waals surface area contributed by atoms with E-state index in [1.165, 1.54) is 31.6 Å². The summed E-state index contributed by atoms with van der Waals surface area (Å²) in [6.07, 6.45) is 1.17. The number of carbonyl (C=O) groups is 1. The molecular weight excluding hydrogens is 252 g/mol. The average Bonchev–Trinajstić information content (AvgIpc) is 2.39. The summed E-state index contributed by atoms with van der Waals surface area (Å²) in [7, 11) is 1.31. The number of nitrogens with one attached hydrogen (secondary N) is 1. The molecule has 7 heteroatoms. The lowest BCUT2D eigenvalue weighted by atomic mass is 10.2. The zero-order valence-electron chi connectivity index (χ0n) is 9.91. The molecule has 0 unspecified atom stereocenters. The molecule has 2 N–H and O–H groups in total. The highest BCUT2D eigenvalue weighted by atomic mass is 16.5. The van der Waals surface area contributed by atoms with E-state index in [9.17, 15) is 9.59 Å². The molecule has 0 radical (unpaired) electrons. The van der Waals surface area contributed by atoms with Gasteiger partial charge in [-0.1, -0.05) is 6.07 Å². The number of nitrogens with zero attached hydrogens (tertiary/aromatic N) is 1. The summed E-state index contributed by atoms with van der Waals surface area (Å²) in [6.45, 7) is 0. The van der Waals surface area contributed by atoms with Crippen molar-refractivity contribution in [2.45, 2.75) is 0 Å². The molecule has 0 aliphatic heterocycles. The number of methoxy groups -OCH3 is 1. The third-order valence-electron chi connectivity index (χ3n) is 2.28. The predicted octanol–water partition coefficient (Wildman–Crippen LogP) is 1.27. The second-order valence-electron chi connectivity index (χ2n) is 3.51. The molecule has 1 aromatic heterocycles. The molecule has 0 aliphatic rings. The maximum atomic E-state index is 11.4. The maximum Gasteiger partial charge on any atom is 0.335 e. The summed E-state index contributed by atoms with van der Waals surface area (Å²) >= 11 is 0. The molecule has 0 spiro atoms. The first-order chi connectivity index (χ1) is 9.11. The molecular formula is C12H10N2O5. The zero-order chi connectivity index (χ0) is 13.8. The molecule has 7 nitrogen and oxygen atoms in total. The Bertz CT molecular complexity index is 665. The highest BCUT2D eigenvalue weighted by molar-refractivity contribution is 5.88. The van der Waals surface area contributed by atoms with Crippen molar-refractivity contribution in [3.8, 4) is 17.4 Å². The first kappa shape index (κ1) is 12.6. The van der Waals surface area contributed by atoms with E-state index >= 15 is 0 Å². The van der Waals surface area contributed by atoms with Crippen molar-refractivity contribution in [2.75, 3.05) is 7.11 Å². The topological polar surface area (TPSA) is 102 Å². The number of rotatable bonds is 4. The van der Waals surface area contributed by atoms with Gasteiger partial charge < -0.3 is 19.6 Å². The quantitative estimate of drug-likeness (QED) is 0.860. The van der Waals surface area contributed by atoms with Crippen LogP contribution in [0.1, 0.15) is 10.4 Å². The molecule has 0 atom stereocenters. The summed E-state index contributed by atoms with van der Waals surface area (Å²) in [4.78, 5) is 28.4. The number of ether oxygens (including phenoxy) is 2. The fraction of sp³-hybridized carbons (Fsp3) is 0.0833. The van der Waals surface area contributed by atoms with E-state index in [0.717, 1.165) is 0 Å². The first-order valence-electron chi connectivity index (χ1n) is 5.24. The van der Waals surface area contributed by atoms with Gasteiger partial charge in [0.15, 0.2) is 0 Å². The minimum atomic E-state index is -1.07. The van der Waals surface area contributed by atoms with Crippen molar-refractivity contribution in [2.24, 2.45) is 0 Å². The molecule has 2 aromatic rings. The SMILES string of the molecule is COc1c(Oc2cccc(C(=O)O)c2)nc[nH]c1=O. The van der Waals surface area contributed by atoms with Gasteiger partial charge in [-0.05, 0) is 18.2 Å². The Morgan fingerprint density at radius 3 is 2.89 bits per heavy atom. The molecule has 2 rings (SSSR count). The summed E-state index contributed by atoms with van der Waals surface area (Å²) in [5.74, 6) is -0.940. The second kappa shape index (κ2) is 5.21. The van der Waals surface area contributed by atoms with Crippen molar-refractivity contribution in [1.29, 1.82) is 0 Å². The monoisotopic (exact) mass is 262 g/mol. The summed E-state index contributed by atoms with van der Waals surface area (Å²) in [6, 6.07) is 5.83. The van der Waals surface area contributed by atoms with E-state index in [2.05, 4.69) is 9.97 Å².